The maximum atomic E-state index is 12.4. The zero-order valence-electron chi connectivity index (χ0n) is 18.1. The van der Waals surface area contributed by atoms with E-state index in [0.29, 0.717) is 19.8 Å². The third kappa shape index (κ3) is 5.87. The highest BCUT2D eigenvalue weighted by Crippen LogP contribution is 2.19. The summed E-state index contributed by atoms with van der Waals surface area (Å²) in [6.45, 7) is 2.91. The predicted molar refractivity (Wildman–Crippen MR) is 122 cm³/mol. The summed E-state index contributed by atoms with van der Waals surface area (Å²) in [5, 5.41) is 3.03. The van der Waals surface area contributed by atoms with E-state index in [1.54, 1.807) is 18.1 Å². The SMILES string of the molecule is CN(CCOc1ccc(OCc2ccccc2)cc1)C(=O)NC1CN(c2ccncn2)C1. The number of likely N-dealkylation sites (N-methyl/N-ethyl adjacent to an activating group) is 1. The smallest absolute Gasteiger partial charge is 0.317 e. The van der Waals surface area contributed by atoms with Crippen LogP contribution in [0, 0.1) is 0 Å². The Bertz CT molecular complexity index is 980. The number of amides is 2. The summed E-state index contributed by atoms with van der Waals surface area (Å²) in [5.74, 6) is 2.41. The standard InChI is InChI=1S/C24H27N5O3/c1-28(24(30)27-20-15-29(16-20)23-11-12-25-18-26-23)13-14-31-21-7-9-22(10-8-21)32-17-19-5-3-2-4-6-19/h2-12,18,20H,13-17H2,1H3,(H,27,30). The van der Waals surface area contributed by atoms with Gasteiger partial charge in [-0.2, -0.15) is 0 Å². The van der Waals surface area contributed by atoms with Crippen molar-refractivity contribution in [3.8, 4) is 11.5 Å². The molecular weight excluding hydrogens is 406 g/mol. The van der Waals surface area contributed by atoms with Crippen molar-refractivity contribution in [2.45, 2.75) is 12.6 Å². The molecule has 8 nitrogen and oxygen atoms in total. The molecular formula is C24H27N5O3. The summed E-state index contributed by atoms with van der Waals surface area (Å²) < 4.78 is 11.5. The number of nitrogens with one attached hydrogen (secondary N) is 1. The van der Waals surface area contributed by atoms with Gasteiger partial charge in [-0.05, 0) is 35.9 Å². The van der Waals surface area contributed by atoms with Crippen molar-refractivity contribution in [2.75, 3.05) is 38.2 Å². The first-order chi connectivity index (χ1) is 15.7. The van der Waals surface area contributed by atoms with Gasteiger partial charge in [0.15, 0.2) is 0 Å². The number of rotatable bonds is 9. The van der Waals surface area contributed by atoms with Crippen LogP contribution in [0.4, 0.5) is 10.6 Å². The molecule has 2 aromatic carbocycles. The van der Waals surface area contributed by atoms with E-state index < -0.39 is 0 Å². The molecule has 1 aliphatic heterocycles. The first-order valence-electron chi connectivity index (χ1n) is 10.6. The van der Waals surface area contributed by atoms with Crippen LogP contribution in [0.1, 0.15) is 5.56 Å². The van der Waals surface area contributed by atoms with E-state index in [1.165, 1.54) is 6.33 Å². The summed E-state index contributed by atoms with van der Waals surface area (Å²) in [6.07, 6.45) is 3.24. The Hall–Kier alpha value is -3.81. The third-order valence-electron chi connectivity index (χ3n) is 5.21. The molecule has 32 heavy (non-hydrogen) atoms. The largest absolute Gasteiger partial charge is 0.492 e. The molecule has 2 amide bonds. The molecule has 1 saturated heterocycles. The molecule has 1 N–H and O–H groups in total. The van der Waals surface area contributed by atoms with Crippen molar-refractivity contribution in [1.29, 1.82) is 0 Å². The van der Waals surface area contributed by atoms with Crippen LogP contribution in [-0.2, 0) is 6.61 Å². The highest BCUT2D eigenvalue weighted by Gasteiger charge is 2.29. The van der Waals surface area contributed by atoms with Gasteiger partial charge in [0.1, 0.15) is 36.9 Å². The van der Waals surface area contributed by atoms with Crippen LogP contribution in [0.15, 0.2) is 73.2 Å². The normalized spacial score (nSPS) is 13.2. The van der Waals surface area contributed by atoms with Gasteiger partial charge < -0.3 is 24.6 Å². The second-order valence-electron chi connectivity index (χ2n) is 7.63. The molecule has 0 bridgehead atoms. The first kappa shape index (κ1) is 21.4. The Kier molecular flexibility index (Phi) is 7.01. The van der Waals surface area contributed by atoms with Gasteiger partial charge in [-0.3, -0.25) is 0 Å². The minimum atomic E-state index is -0.106. The lowest BCUT2D eigenvalue weighted by Gasteiger charge is -2.40. The number of carbonyl (C=O) groups excluding carboxylic acids is 1. The zero-order chi connectivity index (χ0) is 22.2. The van der Waals surface area contributed by atoms with E-state index in [1.807, 2.05) is 60.7 Å². The molecule has 0 spiro atoms. The lowest BCUT2D eigenvalue weighted by atomic mass is 10.1. The van der Waals surface area contributed by atoms with Crippen LogP contribution in [0.2, 0.25) is 0 Å². The van der Waals surface area contributed by atoms with Gasteiger partial charge in [0.05, 0.1) is 12.6 Å². The number of urea groups is 1. The minimum Gasteiger partial charge on any atom is -0.492 e. The number of anilines is 1. The number of ether oxygens (including phenoxy) is 2. The lowest BCUT2D eigenvalue weighted by molar-refractivity contribution is 0.189. The molecule has 0 atom stereocenters. The van der Waals surface area contributed by atoms with Crippen LogP contribution >= 0.6 is 0 Å². The maximum Gasteiger partial charge on any atom is 0.317 e. The number of nitrogens with zero attached hydrogens (tertiary/aromatic N) is 4. The topological polar surface area (TPSA) is 79.8 Å². The number of aromatic nitrogens is 2. The summed E-state index contributed by atoms with van der Waals surface area (Å²) in [6, 6.07) is 19.4. The van der Waals surface area contributed by atoms with Crippen molar-refractivity contribution in [1.82, 2.24) is 20.2 Å². The lowest BCUT2D eigenvalue weighted by Crippen LogP contribution is -2.61. The van der Waals surface area contributed by atoms with Gasteiger partial charge in [0.25, 0.3) is 0 Å². The second kappa shape index (κ2) is 10.5. The summed E-state index contributed by atoms with van der Waals surface area (Å²) in [5.41, 5.74) is 1.12. The van der Waals surface area contributed by atoms with E-state index >= 15 is 0 Å². The number of carbonyl (C=O) groups is 1. The predicted octanol–water partition coefficient (Wildman–Crippen LogP) is 2.96. The van der Waals surface area contributed by atoms with Crippen LogP contribution < -0.4 is 19.7 Å². The van der Waals surface area contributed by atoms with Crippen molar-refractivity contribution >= 4 is 11.8 Å². The molecule has 166 valence electrons. The van der Waals surface area contributed by atoms with E-state index in [2.05, 4.69) is 20.2 Å². The molecule has 4 rings (SSSR count). The van der Waals surface area contributed by atoms with Crippen LogP contribution in [-0.4, -0.2) is 60.2 Å². The Morgan fingerprint density at radius 1 is 1.06 bits per heavy atom. The summed E-state index contributed by atoms with van der Waals surface area (Å²) >= 11 is 0. The number of hydrogen-bond acceptors (Lipinski definition) is 6. The van der Waals surface area contributed by atoms with Gasteiger partial charge in [-0.25, -0.2) is 14.8 Å². The van der Waals surface area contributed by atoms with Crippen LogP contribution in [0.3, 0.4) is 0 Å². The average molecular weight is 434 g/mol. The van der Waals surface area contributed by atoms with E-state index in [-0.39, 0.29) is 12.1 Å². The molecule has 1 fully saturated rings. The van der Waals surface area contributed by atoms with Crippen LogP contribution in [0.25, 0.3) is 0 Å². The Morgan fingerprint density at radius 3 is 2.47 bits per heavy atom. The maximum absolute atomic E-state index is 12.4. The minimum absolute atomic E-state index is 0.106. The molecule has 2 heterocycles. The summed E-state index contributed by atoms with van der Waals surface area (Å²) in [4.78, 5) is 24.2. The molecule has 0 unspecified atom stereocenters. The van der Waals surface area contributed by atoms with Gasteiger partial charge >= 0.3 is 6.03 Å². The van der Waals surface area contributed by atoms with Gasteiger partial charge in [0, 0.05) is 26.3 Å². The second-order valence-corrected chi connectivity index (χ2v) is 7.63. The highest BCUT2D eigenvalue weighted by molar-refractivity contribution is 5.74. The molecule has 0 saturated carbocycles. The average Bonchev–Trinajstić information content (AvgIpc) is 2.81. The zero-order valence-corrected chi connectivity index (χ0v) is 18.1. The quantitative estimate of drug-likeness (QED) is 0.559. The fourth-order valence-corrected chi connectivity index (χ4v) is 3.29. The third-order valence-corrected chi connectivity index (χ3v) is 5.21. The van der Waals surface area contributed by atoms with E-state index in [4.69, 9.17) is 9.47 Å². The van der Waals surface area contributed by atoms with Crippen molar-refractivity contribution < 1.29 is 14.3 Å². The molecule has 3 aromatic rings. The molecule has 0 aliphatic carbocycles. The number of hydrogen-bond donors (Lipinski definition) is 1. The summed E-state index contributed by atoms with van der Waals surface area (Å²) in [7, 11) is 1.76. The molecule has 0 radical (unpaired) electrons. The van der Waals surface area contributed by atoms with Gasteiger partial charge in [-0.15, -0.1) is 0 Å². The van der Waals surface area contributed by atoms with Crippen LogP contribution in [0.5, 0.6) is 11.5 Å². The monoisotopic (exact) mass is 433 g/mol. The Balaban J connectivity index is 1.12. The van der Waals surface area contributed by atoms with E-state index in [9.17, 15) is 4.79 Å². The highest BCUT2D eigenvalue weighted by atomic mass is 16.5. The number of benzene rings is 2. The van der Waals surface area contributed by atoms with Gasteiger partial charge in [-0.1, -0.05) is 30.3 Å². The Labute approximate surface area is 187 Å². The van der Waals surface area contributed by atoms with Crippen molar-refractivity contribution in [2.24, 2.45) is 0 Å². The molecule has 1 aliphatic rings. The first-order valence-corrected chi connectivity index (χ1v) is 10.6. The fraction of sp³-hybridized carbons (Fsp3) is 0.292. The van der Waals surface area contributed by atoms with Crippen molar-refractivity contribution in [3.05, 3.63) is 78.8 Å². The fourth-order valence-electron chi connectivity index (χ4n) is 3.29. The van der Waals surface area contributed by atoms with Crippen molar-refractivity contribution in [3.63, 3.8) is 0 Å². The van der Waals surface area contributed by atoms with E-state index in [0.717, 1.165) is 36.0 Å². The van der Waals surface area contributed by atoms with Gasteiger partial charge in [0.2, 0.25) is 0 Å². The molecule has 8 heteroatoms. The Morgan fingerprint density at radius 2 is 1.78 bits per heavy atom. The molecule has 1 aromatic heterocycles.